The van der Waals surface area contributed by atoms with Crippen molar-refractivity contribution in [3.63, 3.8) is 0 Å². The smallest absolute Gasteiger partial charge is 0.344 e. The number of nitrogens with zero attached hydrogens (tertiary/aromatic N) is 1. The molecule has 2 heterocycles. The second kappa shape index (κ2) is 5.60. The van der Waals surface area contributed by atoms with Crippen molar-refractivity contribution in [2.45, 2.75) is 18.9 Å². The van der Waals surface area contributed by atoms with Crippen LogP contribution >= 0.6 is 0 Å². The van der Waals surface area contributed by atoms with Crippen molar-refractivity contribution in [3.8, 4) is 0 Å². The molecule has 0 spiro atoms. The van der Waals surface area contributed by atoms with E-state index in [1.54, 1.807) is 37.3 Å². The summed E-state index contributed by atoms with van der Waals surface area (Å²) in [5.74, 6) is -1.01. The first kappa shape index (κ1) is 14.8. The summed E-state index contributed by atoms with van der Waals surface area (Å²) < 4.78 is 4.88. The SMILES string of the molecule is CC1(c2ccccc2)NC(=O)N(NC(=O)Cc2ccoc2)C1=O. The number of hydrazine groups is 1. The first-order chi connectivity index (χ1) is 11.0. The zero-order valence-corrected chi connectivity index (χ0v) is 12.4. The Morgan fingerprint density at radius 2 is 2.00 bits per heavy atom. The Kier molecular flexibility index (Phi) is 3.61. The van der Waals surface area contributed by atoms with E-state index < -0.39 is 23.4 Å². The van der Waals surface area contributed by atoms with Crippen molar-refractivity contribution in [2.24, 2.45) is 0 Å². The van der Waals surface area contributed by atoms with Crippen LogP contribution in [0.1, 0.15) is 18.1 Å². The van der Waals surface area contributed by atoms with Gasteiger partial charge in [-0.25, -0.2) is 4.79 Å². The quantitative estimate of drug-likeness (QED) is 0.833. The molecule has 23 heavy (non-hydrogen) atoms. The van der Waals surface area contributed by atoms with Crippen LogP contribution in [0.4, 0.5) is 4.79 Å². The van der Waals surface area contributed by atoms with Gasteiger partial charge in [-0.3, -0.25) is 15.0 Å². The van der Waals surface area contributed by atoms with Crippen molar-refractivity contribution >= 4 is 17.8 Å². The van der Waals surface area contributed by atoms with Crippen LogP contribution in [0, 0.1) is 0 Å². The Hall–Kier alpha value is -3.09. The fourth-order valence-corrected chi connectivity index (χ4v) is 2.45. The molecule has 7 nitrogen and oxygen atoms in total. The number of hydrogen-bond donors (Lipinski definition) is 2. The van der Waals surface area contributed by atoms with Crippen LogP contribution in [0.15, 0.2) is 53.3 Å². The minimum atomic E-state index is -1.21. The minimum Gasteiger partial charge on any atom is -0.472 e. The standard InChI is InChI=1S/C16H15N3O4/c1-16(12-5-3-2-4-6-12)14(21)19(15(22)17-16)18-13(20)9-11-7-8-23-10-11/h2-8,10H,9H2,1H3,(H,17,22)(H,18,20). The zero-order chi connectivity index (χ0) is 16.4. The maximum Gasteiger partial charge on any atom is 0.344 e. The van der Waals surface area contributed by atoms with E-state index in [0.717, 1.165) is 5.01 Å². The molecule has 1 fully saturated rings. The largest absolute Gasteiger partial charge is 0.472 e. The van der Waals surface area contributed by atoms with Gasteiger partial charge in [-0.1, -0.05) is 30.3 Å². The van der Waals surface area contributed by atoms with Crippen molar-refractivity contribution in [3.05, 3.63) is 60.1 Å². The number of urea groups is 1. The van der Waals surface area contributed by atoms with Crippen LogP contribution in [0.3, 0.4) is 0 Å². The average molecular weight is 313 g/mol. The van der Waals surface area contributed by atoms with E-state index in [1.807, 2.05) is 6.07 Å². The topological polar surface area (TPSA) is 91.7 Å². The molecule has 3 rings (SSSR count). The van der Waals surface area contributed by atoms with E-state index in [-0.39, 0.29) is 6.42 Å². The summed E-state index contributed by atoms with van der Waals surface area (Å²) in [5, 5.41) is 3.33. The number of carbonyl (C=O) groups excluding carboxylic acids is 3. The monoisotopic (exact) mass is 313 g/mol. The third-order valence-electron chi connectivity index (χ3n) is 3.72. The molecule has 4 amide bonds. The van der Waals surface area contributed by atoms with E-state index in [0.29, 0.717) is 11.1 Å². The number of furan rings is 1. The first-order valence-electron chi connectivity index (χ1n) is 7.03. The van der Waals surface area contributed by atoms with E-state index in [2.05, 4.69) is 10.7 Å². The number of amides is 4. The molecule has 1 aliphatic heterocycles. The fraction of sp³-hybridized carbons (Fsp3) is 0.188. The van der Waals surface area contributed by atoms with E-state index in [4.69, 9.17) is 4.42 Å². The molecule has 1 aromatic carbocycles. The van der Waals surface area contributed by atoms with Gasteiger partial charge in [0.2, 0.25) is 5.91 Å². The molecular weight excluding hydrogens is 298 g/mol. The van der Waals surface area contributed by atoms with Crippen molar-refractivity contribution in [1.82, 2.24) is 15.8 Å². The fourth-order valence-electron chi connectivity index (χ4n) is 2.45. The van der Waals surface area contributed by atoms with Crippen LogP contribution in [0.5, 0.6) is 0 Å². The lowest BCUT2D eigenvalue weighted by molar-refractivity contribution is -0.138. The van der Waals surface area contributed by atoms with Gasteiger partial charge in [-0.2, -0.15) is 5.01 Å². The Labute approximate surface area is 132 Å². The maximum absolute atomic E-state index is 12.6. The summed E-state index contributed by atoms with van der Waals surface area (Å²) >= 11 is 0. The molecule has 0 aliphatic carbocycles. The number of imide groups is 1. The molecular formula is C16H15N3O4. The summed E-state index contributed by atoms with van der Waals surface area (Å²) in [6.45, 7) is 1.60. The van der Waals surface area contributed by atoms with Crippen LogP contribution < -0.4 is 10.7 Å². The van der Waals surface area contributed by atoms with E-state index in [9.17, 15) is 14.4 Å². The van der Waals surface area contributed by atoms with E-state index >= 15 is 0 Å². The lowest BCUT2D eigenvalue weighted by atomic mass is 9.92. The van der Waals surface area contributed by atoms with Gasteiger partial charge in [-0.05, 0) is 24.1 Å². The van der Waals surface area contributed by atoms with Crippen LogP contribution in [-0.2, 0) is 21.5 Å². The lowest BCUT2D eigenvalue weighted by Crippen LogP contribution is -2.48. The molecule has 7 heteroatoms. The van der Waals surface area contributed by atoms with Crippen molar-refractivity contribution in [1.29, 1.82) is 0 Å². The molecule has 1 saturated heterocycles. The zero-order valence-electron chi connectivity index (χ0n) is 12.4. The molecule has 0 saturated carbocycles. The summed E-state index contributed by atoms with van der Waals surface area (Å²) in [5.41, 5.74) is 2.42. The molecule has 1 unspecified atom stereocenters. The van der Waals surface area contributed by atoms with Crippen LogP contribution in [-0.4, -0.2) is 22.9 Å². The number of nitrogens with one attached hydrogen (secondary N) is 2. The van der Waals surface area contributed by atoms with Crippen molar-refractivity contribution < 1.29 is 18.8 Å². The minimum absolute atomic E-state index is 0.00953. The highest BCUT2D eigenvalue weighted by molar-refractivity contribution is 6.08. The molecule has 0 bridgehead atoms. The summed E-state index contributed by atoms with van der Waals surface area (Å²) in [6, 6.07) is 9.84. The first-order valence-corrected chi connectivity index (χ1v) is 7.03. The Morgan fingerprint density at radius 3 is 2.65 bits per heavy atom. The normalized spacial score (nSPS) is 20.5. The predicted octanol–water partition coefficient (Wildman–Crippen LogP) is 1.32. The Balaban J connectivity index is 1.75. The molecule has 0 radical (unpaired) electrons. The Bertz CT molecular complexity index is 742. The Morgan fingerprint density at radius 1 is 1.26 bits per heavy atom. The summed E-state index contributed by atoms with van der Waals surface area (Å²) in [6.07, 6.45) is 2.89. The van der Waals surface area contributed by atoms with Gasteiger partial charge in [0.05, 0.1) is 18.9 Å². The maximum atomic E-state index is 12.6. The van der Waals surface area contributed by atoms with Gasteiger partial charge in [0.1, 0.15) is 5.54 Å². The van der Waals surface area contributed by atoms with Gasteiger partial charge < -0.3 is 9.73 Å². The number of benzene rings is 1. The lowest BCUT2D eigenvalue weighted by Gasteiger charge is -2.22. The van der Waals surface area contributed by atoms with Gasteiger partial charge in [0.25, 0.3) is 5.91 Å². The third kappa shape index (κ3) is 2.68. The molecule has 118 valence electrons. The number of carbonyl (C=O) groups is 3. The summed E-state index contributed by atoms with van der Waals surface area (Å²) in [7, 11) is 0. The molecule has 1 aromatic heterocycles. The predicted molar refractivity (Wildman–Crippen MR) is 79.7 cm³/mol. The molecule has 2 N–H and O–H groups in total. The summed E-state index contributed by atoms with van der Waals surface area (Å²) in [4.78, 5) is 36.6. The third-order valence-corrected chi connectivity index (χ3v) is 3.72. The van der Waals surface area contributed by atoms with Crippen LogP contribution in [0.2, 0.25) is 0 Å². The van der Waals surface area contributed by atoms with Gasteiger partial charge >= 0.3 is 6.03 Å². The van der Waals surface area contributed by atoms with Gasteiger partial charge in [0.15, 0.2) is 0 Å². The van der Waals surface area contributed by atoms with Crippen LogP contribution in [0.25, 0.3) is 0 Å². The van der Waals surface area contributed by atoms with Crippen molar-refractivity contribution in [2.75, 3.05) is 0 Å². The van der Waals surface area contributed by atoms with Gasteiger partial charge in [0, 0.05) is 0 Å². The van der Waals surface area contributed by atoms with Gasteiger partial charge in [-0.15, -0.1) is 0 Å². The highest BCUT2D eigenvalue weighted by Gasteiger charge is 2.49. The number of hydrogen-bond acceptors (Lipinski definition) is 4. The molecule has 1 atom stereocenters. The highest BCUT2D eigenvalue weighted by atomic mass is 16.3. The average Bonchev–Trinajstić information content (AvgIpc) is 3.11. The highest BCUT2D eigenvalue weighted by Crippen LogP contribution is 2.27. The van der Waals surface area contributed by atoms with E-state index in [1.165, 1.54) is 12.5 Å². The second-order valence-electron chi connectivity index (χ2n) is 5.41. The molecule has 2 aromatic rings. The molecule has 1 aliphatic rings. The second-order valence-corrected chi connectivity index (χ2v) is 5.41. The number of rotatable bonds is 4.